The zero-order valence-electron chi connectivity index (χ0n) is 16.1. The van der Waals surface area contributed by atoms with Crippen LogP contribution >= 0.6 is 24.0 Å². The Morgan fingerprint density at radius 1 is 1.07 bits per heavy atom. The highest BCUT2D eigenvalue weighted by Crippen LogP contribution is 2.08. The second kappa shape index (κ2) is 12.5. The number of amides is 2. The van der Waals surface area contributed by atoms with Gasteiger partial charge in [0.15, 0.2) is 5.96 Å². The van der Waals surface area contributed by atoms with Gasteiger partial charge < -0.3 is 20.9 Å². The lowest BCUT2D eigenvalue weighted by Crippen LogP contribution is -2.44. The lowest BCUT2D eigenvalue weighted by molar-refractivity contribution is -0.128. The minimum atomic E-state index is -0.0837. The molecule has 2 rings (SSSR count). The van der Waals surface area contributed by atoms with E-state index in [9.17, 15) is 9.59 Å². The average molecular weight is 487 g/mol. The number of hydrogen-bond acceptors (Lipinski definition) is 3. The smallest absolute Gasteiger partial charge is 0.251 e. The summed E-state index contributed by atoms with van der Waals surface area (Å²) in [4.78, 5) is 30.5. The largest absolute Gasteiger partial charge is 0.357 e. The van der Waals surface area contributed by atoms with Crippen molar-refractivity contribution in [3.8, 4) is 0 Å². The standard InChI is InChI=1S/C19H29N5O2.HI/c1-3-20-18(26)16-9-7-8-15(12-16)13-22-19(21-4-2)23-14-17(25)24-10-5-6-11-24;/h7-9,12H,3-6,10-11,13-14H2,1-2H3,(H,20,26)(H2,21,22,23);1H. The molecule has 0 radical (unpaired) electrons. The summed E-state index contributed by atoms with van der Waals surface area (Å²) in [5, 5.41) is 9.03. The predicted molar refractivity (Wildman–Crippen MR) is 118 cm³/mol. The molecule has 0 aliphatic carbocycles. The molecule has 2 amide bonds. The Labute approximate surface area is 178 Å². The van der Waals surface area contributed by atoms with Crippen LogP contribution in [0.3, 0.4) is 0 Å². The first-order valence-corrected chi connectivity index (χ1v) is 9.31. The summed E-state index contributed by atoms with van der Waals surface area (Å²) in [7, 11) is 0. The Morgan fingerprint density at radius 2 is 1.78 bits per heavy atom. The van der Waals surface area contributed by atoms with Gasteiger partial charge in [-0.15, -0.1) is 24.0 Å². The number of hydrogen-bond donors (Lipinski definition) is 3. The quantitative estimate of drug-likeness (QED) is 0.311. The first kappa shape index (κ1) is 23.2. The number of nitrogens with zero attached hydrogens (tertiary/aromatic N) is 2. The number of halogens is 1. The molecule has 8 heteroatoms. The van der Waals surface area contributed by atoms with Gasteiger partial charge in [0.05, 0.1) is 13.1 Å². The number of rotatable bonds is 7. The molecule has 0 atom stereocenters. The van der Waals surface area contributed by atoms with Crippen LogP contribution in [0.2, 0.25) is 0 Å². The van der Waals surface area contributed by atoms with E-state index in [-0.39, 0.29) is 42.3 Å². The van der Waals surface area contributed by atoms with Gasteiger partial charge in [0.1, 0.15) is 0 Å². The van der Waals surface area contributed by atoms with Crippen LogP contribution in [0.1, 0.15) is 42.6 Å². The van der Waals surface area contributed by atoms with Gasteiger partial charge in [-0.2, -0.15) is 0 Å². The number of aliphatic imine (C=N–C) groups is 1. The van der Waals surface area contributed by atoms with Crippen molar-refractivity contribution < 1.29 is 9.59 Å². The van der Waals surface area contributed by atoms with Crippen molar-refractivity contribution in [2.45, 2.75) is 33.2 Å². The lowest BCUT2D eigenvalue weighted by Gasteiger charge is -2.17. The fourth-order valence-electron chi connectivity index (χ4n) is 2.82. The molecule has 7 nitrogen and oxygen atoms in total. The number of likely N-dealkylation sites (tertiary alicyclic amines) is 1. The van der Waals surface area contributed by atoms with E-state index in [1.165, 1.54) is 0 Å². The van der Waals surface area contributed by atoms with Gasteiger partial charge in [-0.25, -0.2) is 4.99 Å². The zero-order valence-corrected chi connectivity index (χ0v) is 18.4. The van der Waals surface area contributed by atoms with Crippen molar-refractivity contribution in [2.75, 3.05) is 32.7 Å². The Kier molecular flexibility index (Phi) is 10.8. The summed E-state index contributed by atoms with van der Waals surface area (Å²) in [5.41, 5.74) is 1.57. The number of guanidine groups is 1. The van der Waals surface area contributed by atoms with Crippen molar-refractivity contribution in [1.29, 1.82) is 0 Å². The summed E-state index contributed by atoms with van der Waals surface area (Å²) in [6.07, 6.45) is 2.17. The third kappa shape index (κ3) is 7.74. The molecular weight excluding hydrogens is 457 g/mol. The van der Waals surface area contributed by atoms with E-state index in [4.69, 9.17) is 0 Å². The molecule has 1 aliphatic heterocycles. The highest BCUT2D eigenvalue weighted by molar-refractivity contribution is 14.0. The molecule has 27 heavy (non-hydrogen) atoms. The maximum Gasteiger partial charge on any atom is 0.251 e. The lowest BCUT2D eigenvalue weighted by atomic mass is 10.1. The van der Waals surface area contributed by atoms with Crippen molar-refractivity contribution in [3.05, 3.63) is 35.4 Å². The Hall–Kier alpha value is -1.84. The van der Waals surface area contributed by atoms with Gasteiger partial charge >= 0.3 is 0 Å². The molecule has 3 N–H and O–H groups in total. The third-order valence-electron chi connectivity index (χ3n) is 4.16. The Bertz CT molecular complexity index is 645. The number of benzene rings is 1. The van der Waals surface area contributed by atoms with Crippen molar-refractivity contribution in [2.24, 2.45) is 4.99 Å². The molecule has 1 aromatic rings. The van der Waals surface area contributed by atoms with E-state index in [1.807, 2.05) is 36.9 Å². The van der Waals surface area contributed by atoms with E-state index in [0.717, 1.165) is 31.5 Å². The molecule has 1 aliphatic rings. The summed E-state index contributed by atoms with van der Waals surface area (Å²) >= 11 is 0. The molecule has 1 aromatic carbocycles. The van der Waals surface area contributed by atoms with Crippen LogP contribution in [-0.2, 0) is 11.3 Å². The second-order valence-electron chi connectivity index (χ2n) is 6.20. The maximum absolute atomic E-state index is 12.1. The van der Waals surface area contributed by atoms with Crippen LogP contribution in [0, 0.1) is 0 Å². The number of nitrogens with one attached hydrogen (secondary N) is 3. The minimum Gasteiger partial charge on any atom is -0.357 e. The molecule has 1 fully saturated rings. The van der Waals surface area contributed by atoms with Gasteiger partial charge in [0.25, 0.3) is 5.91 Å². The number of carbonyl (C=O) groups excluding carboxylic acids is 2. The fourth-order valence-corrected chi connectivity index (χ4v) is 2.82. The van der Waals surface area contributed by atoms with E-state index in [2.05, 4.69) is 20.9 Å². The maximum atomic E-state index is 12.1. The van der Waals surface area contributed by atoms with Gasteiger partial charge in [-0.05, 0) is 44.4 Å². The summed E-state index contributed by atoms with van der Waals surface area (Å²) in [5.74, 6) is 0.620. The van der Waals surface area contributed by atoms with Crippen LogP contribution in [0.4, 0.5) is 0 Å². The van der Waals surface area contributed by atoms with Crippen LogP contribution in [0.5, 0.6) is 0 Å². The molecular formula is C19H30IN5O2. The predicted octanol–water partition coefficient (Wildman–Crippen LogP) is 1.73. The van der Waals surface area contributed by atoms with Crippen molar-refractivity contribution in [1.82, 2.24) is 20.9 Å². The van der Waals surface area contributed by atoms with Crippen LogP contribution < -0.4 is 16.0 Å². The van der Waals surface area contributed by atoms with Crippen molar-refractivity contribution >= 4 is 41.8 Å². The monoisotopic (exact) mass is 487 g/mol. The second-order valence-corrected chi connectivity index (χ2v) is 6.20. The molecule has 0 spiro atoms. The van der Waals surface area contributed by atoms with Crippen molar-refractivity contribution in [3.63, 3.8) is 0 Å². The third-order valence-corrected chi connectivity index (χ3v) is 4.16. The molecule has 0 unspecified atom stereocenters. The van der Waals surface area contributed by atoms with Crippen LogP contribution in [0.25, 0.3) is 0 Å². The first-order valence-electron chi connectivity index (χ1n) is 9.31. The molecule has 0 aromatic heterocycles. The van der Waals surface area contributed by atoms with Gasteiger partial charge in [0, 0.05) is 31.7 Å². The summed E-state index contributed by atoms with van der Waals surface area (Å²) < 4.78 is 0. The fraction of sp³-hybridized carbons (Fsp3) is 0.526. The Balaban J connectivity index is 0.00000364. The van der Waals surface area contributed by atoms with Crippen LogP contribution in [0.15, 0.2) is 29.3 Å². The summed E-state index contributed by atoms with van der Waals surface area (Å²) in [6.45, 7) is 7.55. The van der Waals surface area contributed by atoms with E-state index >= 15 is 0 Å². The zero-order chi connectivity index (χ0) is 18.8. The Morgan fingerprint density at radius 3 is 2.44 bits per heavy atom. The molecule has 1 saturated heterocycles. The SMILES string of the molecule is CCNC(=O)c1cccc(CN=C(NCC)NCC(=O)N2CCCC2)c1.I. The molecule has 0 bridgehead atoms. The highest BCUT2D eigenvalue weighted by Gasteiger charge is 2.17. The average Bonchev–Trinajstić information content (AvgIpc) is 3.19. The first-order chi connectivity index (χ1) is 12.6. The number of carbonyl (C=O) groups is 2. The van der Waals surface area contributed by atoms with E-state index in [0.29, 0.717) is 31.2 Å². The highest BCUT2D eigenvalue weighted by atomic mass is 127. The van der Waals surface area contributed by atoms with Crippen LogP contribution in [-0.4, -0.2) is 55.4 Å². The van der Waals surface area contributed by atoms with Gasteiger partial charge in [-0.1, -0.05) is 12.1 Å². The molecule has 150 valence electrons. The minimum absolute atomic E-state index is 0. The van der Waals surface area contributed by atoms with E-state index in [1.54, 1.807) is 6.07 Å². The molecule has 1 heterocycles. The van der Waals surface area contributed by atoms with E-state index < -0.39 is 0 Å². The topological polar surface area (TPSA) is 85.8 Å². The summed E-state index contributed by atoms with van der Waals surface area (Å²) in [6, 6.07) is 7.42. The van der Waals surface area contributed by atoms with Gasteiger partial charge in [0.2, 0.25) is 5.91 Å². The normalized spacial score (nSPS) is 13.7. The molecule has 0 saturated carbocycles. The van der Waals surface area contributed by atoms with Gasteiger partial charge in [-0.3, -0.25) is 9.59 Å².